The zero-order valence-electron chi connectivity index (χ0n) is 13.7. The lowest BCUT2D eigenvalue weighted by Gasteiger charge is -2.35. The van der Waals surface area contributed by atoms with Gasteiger partial charge in [0, 0.05) is 19.6 Å². The number of allylic oxidation sites excluding steroid dienone is 1. The molecule has 0 N–H and O–H groups in total. The fraction of sp³-hybridized carbons (Fsp3) is 0.733. The third-order valence-corrected chi connectivity index (χ3v) is 3.71. The van der Waals surface area contributed by atoms with Gasteiger partial charge in [0.05, 0.1) is 12.7 Å². The molecule has 1 unspecified atom stereocenters. The smallest absolute Gasteiger partial charge is 0.374 e. The molecule has 2 heterocycles. The number of morpholine rings is 1. The molecule has 8 heteroatoms. The predicted molar refractivity (Wildman–Crippen MR) is 81.4 cm³/mol. The Balaban J connectivity index is 2.28. The van der Waals surface area contributed by atoms with Gasteiger partial charge in [0.25, 0.3) is 0 Å². The second-order valence-corrected chi connectivity index (χ2v) is 6.35. The number of anilines is 1. The van der Waals surface area contributed by atoms with Crippen molar-refractivity contribution in [2.75, 3.05) is 24.6 Å². The number of hydrogen-bond donors (Lipinski definition) is 0. The van der Waals surface area contributed by atoms with E-state index in [2.05, 4.69) is 30.6 Å². The van der Waals surface area contributed by atoms with Gasteiger partial charge in [-0.15, -0.1) is 10.2 Å². The van der Waals surface area contributed by atoms with Gasteiger partial charge in [-0.3, -0.25) is 4.57 Å². The Morgan fingerprint density at radius 3 is 2.65 bits per heavy atom. The van der Waals surface area contributed by atoms with Gasteiger partial charge >= 0.3 is 6.18 Å². The van der Waals surface area contributed by atoms with E-state index in [4.69, 9.17) is 4.74 Å². The number of alkyl halides is 3. The van der Waals surface area contributed by atoms with Crippen LogP contribution in [0.3, 0.4) is 0 Å². The molecule has 1 atom stereocenters. The molecule has 0 aromatic carbocycles. The van der Waals surface area contributed by atoms with E-state index in [1.54, 1.807) is 6.92 Å². The van der Waals surface area contributed by atoms with Crippen molar-refractivity contribution in [1.82, 2.24) is 14.8 Å². The largest absolute Gasteiger partial charge is 0.396 e. The van der Waals surface area contributed by atoms with E-state index in [0.717, 1.165) is 5.57 Å². The molecule has 1 aromatic rings. The Bertz CT molecular complexity index is 553. The quantitative estimate of drug-likeness (QED) is 0.778. The summed E-state index contributed by atoms with van der Waals surface area (Å²) in [5, 5.41) is 7.78. The van der Waals surface area contributed by atoms with Crippen LogP contribution in [0.25, 0.3) is 0 Å². The van der Waals surface area contributed by atoms with Gasteiger partial charge in [-0.25, -0.2) is 0 Å². The maximum atomic E-state index is 12.7. The van der Waals surface area contributed by atoms with Crippen molar-refractivity contribution in [3.8, 4) is 0 Å². The van der Waals surface area contributed by atoms with E-state index in [1.807, 2.05) is 4.90 Å². The molecular formula is C15H23F3N4O. The van der Waals surface area contributed by atoms with Crippen molar-refractivity contribution in [3.63, 3.8) is 0 Å². The first-order chi connectivity index (χ1) is 10.7. The van der Waals surface area contributed by atoms with E-state index in [1.165, 1.54) is 4.57 Å². The highest BCUT2D eigenvalue weighted by Gasteiger charge is 2.33. The van der Waals surface area contributed by atoms with Crippen molar-refractivity contribution >= 4 is 5.95 Å². The lowest BCUT2D eigenvalue weighted by Crippen LogP contribution is -2.45. The van der Waals surface area contributed by atoms with Crippen LogP contribution in [0.15, 0.2) is 12.2 Å². The van der Waals surface area contributed by atoms with Crippen LogP contribution >= 0.6 is 0 Å². The van der Waals surface area contributed by atoms with E-state index in [-0.39, 0.29) is 18.5 Å². The molecule has 1 fully saturated rings. The Hall–Kier alpha value is -1.57. The average Bonchev–Trinajstić information content (AvgIpc) is 2.79. The lowest BCUT2D eigenvalue weighted by molar-refractivity contribution is -0.129. The van der Waals surface area contributed by atoms with Crippen molar-refractivity contribution in [1.29, 1.82) is 0 Å². The van der Waals surface area contributed by atoms with Gasteiger partial charge in [0.15, 0.2) is 0 Å². The first-order valence-electron chi connectivity index (χ1n) is 7.67. The monoisotopic (exact) mass is 332 g/mol. The van der Waals surface area contributed by atoms with Crippen LogP contribution in [0.4, 0.5) is 19.1 Å². The molecule has 1 aromatic heterocycles. The van der Waals surface area contributed by atoms with Gasteiger partial charge in [-0.1, -0.05) is 26.0 Å². The molecule has 130 valence electrons. The number of halogens is 3. The second-order valence-electron chi connectivity index (χ2n) is 6.35. The molecule has 0 bridgehead atoms. The van der Waals surface area contributed by atoms with Crippen LogP contribution in [0.5, 0.6) is 0 Å². The number of aromatic nitrogens is 3. The fourth-order valence-corrected chi connectivity index (χ4v) is 2.56. The Labute approximate surface area is 134 Å². The molecule has 23 heavy (non-hydrogen) atoms. The van der Waals surface area contributed by atoms with Crippen LogP contribution in [-0.4, -0.2) is 46.7 Å². The highest BCUT2D eigenvalue weighted by molar-refractivity contribution is 5.33. The minimum absolute atomic E-state index is 0.0322. The van der Waals surface area contributed by atoms with Crippen molar-refractivity contribution in [3.05, 3.63) is 18.0 Å². The van der Waals surface area contributed by atoms with Gasteiger partial charge in [-0.05, 0) is 12.8 Å². The summed E-state index contributed by atoms with van der Waals surface area (Å²) >= 11 is 0. The molecular weight excluding hydrogens is 309 g/mol. The molecule has 0 saturated carbocycles. The molecule has 0 aliphatic carbocycles. The van der Waals surface area contributed by atoms with Crippen LogP contribution in [0, 0.1) is 5.92 Å². The fourth-order valence-electron chi connectivity index (χ4n) is 2.56. The lowest BCUT2D eigenvalue weighted by atomic mass is 10.1. The van der Waals surface area contributed by atoms with Gasteiger partial charge in [-0.2, -0.15) is 13.2 Å². The summed E-state index contributed by atoms with van der Waals surface area (Å²) in [6.07, 6.45) is -5.38. The van der Waals surface area contributed by atoms with Crippen molar-refractivity contribution < 1.29 is 17.9 Å². The Kier molecular flexibility index (Phi) is 5.33. The summed E-state index contributed by atoms with van der Waals surface area (Å²) in [5.74, 6) is 0.703. The molecule has 1 aliphatic rings. The van der Waals surface area contributed by atoms with E-state index >= 15 is 0 Å². The Morgan fingerprint density at radius 2 is 2.09 bits per heavy atom. The van der Waals surface area contributed by atoms with Crippen LogP contribution in [0.1, 0.15) is 26.6 Å². The maximum absolute atomic E-state index is 12.7. The highest BCUT2D eigenvalue weighted by Crippen LogP contribution is 2.25. The number of nitrogens with zero attached hydrogens (tertiary/aromatic N) is 4. The number of ether oxygens (including phenoxy) is 1. The standard InChI is InChI=1S/C15H23F3N4O/c1-10(2)8-22-13(7-15(16,17)18)19-20-14(22)21-5-6-23-12(9-21)11(3)4/h11-12H,1,5-9H2,2-4H3. The summed E-state index contributed by atoms with van der Waals surface area (Å²) in [6.45, 7) is 11.7. The summed E-state index contributed by atoms with van der Waals surface area (Å²) in [4.78, 5) is 1.95. The maximum Gasteiger partial charge on any atom is 0.396 e. The Morgan fingerprint density at radius 1 is 1.39 bits per heavy atom. The minimum atomic E-state index is -4.32. The zero-order valence-corrected chi connectivity index (χ0v) is 13.7. The topological polar surface area (TPSA) is 43.2 Å². The van der Waals surface area contributed by atoms with E-state index < -0.39 is 12.6 Å². The predicted octanol–water partition coefficient (Wildman–Crippen LogP) is 2.82. The van der Waals surface area contributed by atoms with E-state index in [0.29, 0.717) is 31.6 Å². The molecule has 2 rings (SSSR count). The zero-order chi connectivity index (χ0) is 17.2. The van der Waals surface area contributed by atoms with Crippen LogP contribution < -0.4 is 4.90 Å². The summed E-state index contributed by atoms with van der Waals surface area (Å²) in [7, 11) is 0. The summed E-state index contributed by atoms with van der Waals surface area (Å²) in [5.41, 5.74) is 0.753. The molecule has 0 spiro atoms. The molecule has 1 saturated heterocycles. The first kappa shape index (κ1) is 17.8. The third kappa shape index (κ3) is 4.70. The van der Waals surface area contributed by atoms with E-state index in [9.17, 15) is 13.2 Å². The molecule has 0 amide bonds. The second kappa shape index (κ2) is 6.90. The van der Waals surface area contributed by atoms with Gasteiger partial charge < -0.3 is 9.64 Å². The van der Waals surface area contributed by atoms with Crippen molar-refractivity contribution in [2.45, 2.75) is 46.0 Å². The first-order valence-corrected chi connectivity index (χ1v) is 7.67. The number of rotatable bonds is 5. The average molecular weight is 332 g/mol. The van der Waals surface area contributed by atoms with Gasteiger partial charge in [0.1, 0.15) is 12.2 Å². The normalized spacial score (nSPS) is 19.4. The highest BCUT2D eigenvalue weighted by atomic mass is 19.4. The molecule has 5 nitrogen and oxygen atoms in total. The van der Waals surface area contributed by atoms with Gasteiger partial charge in [0.2, 0.25) is 5.95 Å². The third-order valence-electron chi connectivity index (χ3n) is 3.71. The molecule has 0 radical (unpaired) electrons. The summed E-state index contributed by atoms with van der Waals surface area (Å²) in [6, 6.07) is 0. The SMILES string of the molecule is C=C(C)Cn1c(CC(F)(F)F)nnc1N1CCOC(C(C)C)C1. The minimum Gasteiger partial charge on any atom is -0.374 e. The number of hydrogen-bond acceptors (Lipinski definition) is 4. The van der Waals surface area contributed by atoms with Crippen molar-refractivity contribution in [2.24, 2.45) is 5.92 Å². The molecule has 1 aliphatic heterocycles. The summed E-state index contributed by atoms with van der Waals surface area (Å²) < 4.78 is 45.4. The van der Waals surface area contributed by atoms with Crippen LogP contribution in [-0.2, 0) is 17.7 Å². The van der Waals surface area contributed by atoms with Crippen LogP contribution in [0.2, 0.25) is 0 Å².